The number of carbonyl (C=O) groups excluding carboxylic acids is 2. The van der Waals surface area contributed by atoms with Crippen molar-refractivity contribution in [1.29, 1.82) is 0 Å². The van der Waals surface area contributed by atoms with Gasteiger partial charge in [0.25, 0.3) is 0 Å². The van der Waals surface area contributed by atoms with Crippen LogP contribution in [0.3, 0.4) is 0 Å². The van der Waals surface area contributed by atoms with E-state index < -0.39 is 0 Å². The molecule has 0 aliphatic rings. The Morgan fingerprint density at radius 2 is 1.03 bits per heavy atom. The molecular formula is C23H33NO2S4. The molecule has 1 rings (SSSR count). The quantitative estimate of drug-likeness (QED) is 0.176. The Labute approximate surface area is 199 Å². The van der Waals surface area contributed by atoms with Crippen molar-refractivity contribution in [3.63, 3.8) is 0 Å². The summed E-state index contributed by atoms with van der Waals surface area (Å²) < 4.78 is 2.05. The van der Waals surface area contributed by atoms with Gasteiger partial charge < -0.3 is 0 Å². The van der Waals surface area contributed by atoms with Crippen molar-refractivity contribution in [3.05, 3.63) is 50.2 Å². The number of carbonyl (C=O) groups is 2. The molecule has 0 N–H and O–H groups in total. The van der Waals surface area contributed by atoms with Crippen LogP contribution in [-0.2, 0) is 0 Å². The summed E-state index contributed by atoms with van der Waals surface area (Å²) in [5.74, 6) is 3.66. The zero-order chi connectivity index (χ0) is 22.2. The summed E-state index contributed by atoms with van der Waals surface area (Å²) in [4.78, 5) is 29.9. The summed E-state index contributed by atoms with van der Waals surface area (Å²) in [6.07, 6.45) is 7.59. The molecule has 0 spiro atoms. The molecule has 3 nitrogen and oxygen atoms in total. The summed E-state index contributed by atoms with van der Waals surface area (Å²) in [5.41, 5.74) is 0.648. The van der Waals surface area contributed by atoms with Crippen LogP contribution < -0.4 is 0 Å². The van der Waals surface area contributed by atoms with Gasteiger partial charge in [0.15, 0.2) is 0 Å². The lowest BCUT2D eigenvalue weighted by Crippen LogP contribution is -2.06. The Morgan fingerprint density at radius 1 is 0.700 bits per heavy atom. The molecule has 0 radical (unpaired) electrons. The molecule has 0 atom stereocenters. The van der Waals surface area contributed by atoms with E-state index in [-0.39, 0.29) is 11.6 Å². The largest absolute Gasteiger partial charge is 0.287 e. The van der Waals surface area contributed by atoms with Gasteiger partial charge in [-0.2, -0.15) is 0 Å². The minimum absolute atomic E-state index is 0.142. The highest BCUT2D eigenvalue weighted by Crippen LogP contribution is 2.31. The first-order valence-corrected chi connectivity index (χ1v) is 14.5. The summed E-state index contributed by atoms with van der Waals surface area (Å²) >= 11 is 6.85. The Morgan fingerprint density at radius 3 is 1.33 bits per heavy atom. The van der Waals surface area contributed by atoms with Crippen molar-refractivity contribution >= 4 is 58.6 Å². The molecular weight excluding hydrogens is 451 g/mol. The predicted octanol–water partition coefficient (Wildman–Crippen LogP) is 7.70. The number of pyridine rings is 1. The van der Waals surface area contributed by atoms with Crippen LogP contribution in [0.5, 0.6) is 0 Å². The number of nitrogens with zero attached hydrogens (tertiary/aromatic N) is 1. The SMILES string of the molecule is CCCSC(=CC(=O)c1cccc(C(=O)C=C(SCCC)SCCC)n1)SCCC. The van der Waals surface area contributed by atoms with Crippen molar-refractivity contribution in [2.75, 3.05) is 23.0 Å². The van der Waals surface area contributed by atoms with Crippen molar-refractivity contribution in [3.8, 4) is 0 Å². The lowest BCUT2D eigenvalue weighted by molar-refractivity contribution is 0.103. The minimum Gasteiger partial charge on any atom is -0.287 e. The molecule has 30 heavy (non-hydrogen) atoms. The van der Waals surface area contributed by atoms with E-state index in [1.807, 2.05) is 0 Å². The zero-order valence-corrected chi connectivity index (χ0v) is 21.7. The summed E-state index contributed by atoms with van der Waals surface area (Å²) in [6.45, 7) is 8.53. The van der Waals surface area contributed by atoms with Gasteiger partial charge in [-0.1, -0.05) is 33.8 Å². The van der Waals surface area contributed by atoms with Gasteiger partial charge in [-0.15, -0.1) is 47.0 Å². The maximum absolute atomic E-state index is 12.8. The second-order valence-corrected chi connectivity index (χ2v) is 11.5. The van der Waals surface area contributed by atoms with Gasteiger partial charge in [-0.3, -0.25) is 9.59 Å². The average molecular weight is 484 g/mol. The number of ketones is 2. The van der Waals surface area contributed by atoms with E-state index in [2.05, 4.69) is 32.7 Å². The highest BCUT2D eigenvalue weighted by Gasteiger charge is 2.12. The van der Waals surface area contributed by atoms with Gasteiger partial charge in [0, 0.05) is 20.6 Å². The monoisotopic (exact) mass is 483 g/mol. The molecule has 0 fully saturated rings. The number of hydrogen-bond donors (Lipinski definition) is 0. The molecule has 0 saturated heterocycles. The van der Waals surface area contributed by atoms with Gasteiger partial charge in [-0.25, -0.2) is 4.98 Å². The normalized spacial score (nSPS) is 10.5. The zero-order valence-electron chi connectivity index (χ0n) is 18.4. The highest BCUT2D eigenvalue weighted by molar-refractivity contribution is 8.22. The first-order chi connectivity index (χ1) is 14.5. The van der Waals surface area contributed by atoms with Crippen LogP contribution in [0, 0.1) is 0 Å². The fourth-order valence-electron chi connectivity index (χ4n) is 2.13. The van der Waals surface area contributed by atoms with Gasteiger partial charge in [0.2, 0.25) is 11.6 Å². The smallest absolute Gasteiger partial charge is 0.205 e. The molecule has 0 bridgehead atoms. The van der Waals surface area contributed by atoms with E-state index in [9.17, 15) is 9.59 Å². The van der Waals surface area contributed by atoms with Gasteiger partial charge in [0.05, 0.1) is 0 Å². The molecule has 1 aromatic heterocycles. The first kappa shape index (κ1) is 27.4. The van der Waals surface area contributed by atoms with Crippen LogP contribution in [0.4, 0.5) is 0 Å². The van der Waals surface area contributed by atoms with Crippen molar-refractivity contribution < 1.29 is 9.59 Å². The Hall–Kier alpha value is -0.630. The third-order valence-corrected chi connectivity index (χ3v) is 9.02. The summed E-state index contributed by atoms with van der Waals surface area (Å²) in [5, 5.41) is 0. The number of thioether (sulfide) groups is 4. The van der Waals surface area contributed by atoms with E-state index in [1.54, 1.807) is 77.4 Å². The molecule has 1 heterocycles. The van der Waals surface area contributed by atoms with Crippen molar-refractivity contribution in [2.24, 2.45) is 0 Å². The van der Waals surface area contributed by atoms with E-state index in [0.29, 0.717) is 11.4 Å². The highest BCUT2D eigenvalue weighted by atomic mass is 32.2. The fourth-order valence-corrected chi connectivity index (χ4v) is 6.18. The topological polar surface area (TPSA) is 47.0 Å². The van der Waals surface area contributed by atoms with E-state index >= 15 is 0 Å². The molecule has 1 aromatic rings. The molecule has 166 valence electrons. The molecule has 0 aliphatic heterocycles. The van der Waals surface area contributed by atoms with Crippen molar-refractivity contribution in [1.82, 2.24) is 4.98 Å². The van der Waals surface area contributed by atoms with E-state index in [0.717, 1.165) is 57.2 Å². The van der Waals surface area contributed by atoms with Gasteiger partial charge in [-0.05, 0) is 60.8 Å². The number of rotatable bonds is 16. The minimum atomic E-state index is -0.142. The third kappa shape index (κ3) is 11.1. The summed E-state index contributed by atoms with van der Waals surface area (Å²) in [6, 6.07) is 5.11. The van der Waals surface area contributed by atoms with E-state index in [1.165, 1.54) is 0 Å². The average Bonchev–Trinajstić information content (AvgIpc) is 2.77. The second-order valence-electron chi connectivity index (χ2n) is 6.46. The van der Waals surface area contributed by atoms with Crippen LogP contribution in [0.15, 0.2) is 38.8 Å². The number of hydrogen-bond acceptors (Lipinski definition) is 7. The lowest BCUT2D eigenvalue weighted by Gasteiger charge is -2.06. The van der Waals surface area contributed by atoms with Crippen molar-refractivity contribution in [2.45, 2.75) is 53.4 Å². The lowest BCUT2D eigenvalue weighted by atomic mass is 10.2. The van der Waals surface area contributed by atoms with Crippen LogP contribution in [0.1, 0.15) is 74.4 Å². The standard InChI is InChI=1S/C23H33NO2S4/c1-5-12-27-22(28-13-6-2)16-20(25)18-10-9-11-19(24-18)21(26)17-23(29-14-7-3)30-15-8-4/h9-11,16-17H,5-8,12-15H2,1-4H3. The van der Waals surface area contributed by atoms with Crippen LogP contribution in [0.25, 0.3) is 0 Å². The Kier molecular flexibility index (Phi) is 15.5. The molecule has 0 amide bonds. The second kappa shape index (κ2) is 17.0. The molecule has 0 saturated carbocycles. The van der Waals surface area contributed by atoms with Crippen LogP contribution in [-0.4, -0.2) is 39.6 Å². The van der Waals surface area contributed by atoms with E-state index in [4.69, 9.17) is 0 Å². The Balaban J connectivity index is 3.00. The number of aromatic nitrogens is 1. The van der Waals surface area contributed by atoms with Crippen LogP contribution >= 0.6 is 47.0 Å². The Bertz CT molecular complexity index is 654. The molecule has 0 unspecified atom stereocenters. The van der Waals surface area contributed by atoms with Gasteiger partial charge >= 0.3 is 0 Å². The first-order valence-electron chi connectivity index (χ1n) is 10.6. The third-order valence-electron chi connectivity index (χ3n) is 3.55. The molecule has 0 aliphatic carbocycles. The van der Waals surface area contributed by atoms with Gasteiger partial charge in [0.1, 0.15) is 11.4 Å². The molecule has 7 heteroatoms. The molecule has 0 aromatic carbocycles. The summed E-state index contributed by atoms with van der Waals surface area (Å²) in [7, 11) is 0. The maximum Gasteiger partial charge on any atom is 0.205 e. The predicted molar refractivity (Wildman–Crippen MR) is 140 cm³/mol. The fraction of sp³-hybridized carbons (Fsp3) is 0.522. The van der Waals surface area contributed by atoms with Crippen LogP contribution in [0.2, 0.25) is 0 Å². The maximum atomic E-state index is 12.8. The number of allylic oxidation sites excluding steroid dienone is 2.